The van der Waals surface area contributed by atoms with Gasteiger partial charge in [0.2, 0.25) is 0 Å². The first-order chi connectivity index (χ1) is 12.2. The van der Waals surface area contributed by atoms with Crippen molar-refractivity contribution in [3.8, 4) is 0 Å². The monoisotopic (exact) mass is 493 g/mol. The summed E-state index contributed by atoms with van der Waals surface area (Å²) in [6, 6.07) is 4.67. The maximum Gasteiger partial charge on any atom is 0.410 e. The molecule has 6 nitrogen and oxygen atoms in total. The predicted molar refractivity (Wildman–Crippen MR) is 108 cm³/mol. The summed E-state index contributed by atoms with van der Waals surface area (Å²) in [5, 5.41) is 11.7. The topological polar surface area (TPSA) is 91.1 Å². The molecule has 3 rings (SSSR count). The Balaban J connectivity index is 2.27. The Bertz CT molecular complexity index is 905. The summed E-state index contributed by atoms with van der Waals surface area (Å²) in [6.07, 6.45) is 1.53. The Hall–Kier alpha value is -1.23. The third kappa shape index (κ3) is 3.02. The summed E-state index contributed by atoms with van der Waals surface area (Å²) in [4.78, 5) is 16.0. The van der Waals surface area contributed by atoms with Gasteiger partial charge >= 0.3 is 6.09 Å². The number of carbonyl (C=O) groups is 1. The van der Waals surface area contributed by atoms with E-state index in [0.717, 1.165) is 16.4 Å². The molecule has 1 aliphatic heterocycles. The van der Waals surface area contributed by atoms with Crippen LogP contribution in [0.25, 0.3) is 0 Å². The van der Waals surface area contributed by atoms with E-state index >= 15 is 0 Å². The first-order valence-corrected chi connectivity index (χ1v) is 11.1. The van der Waals surface area contributed by atoms with E-state index in [9.17, 15) is 18.5 Å². The average molecular weight is 493 g/mol. The van der Waals surface area contributed by atoms with Crippen LogP contribution in [0.15, 0.2) is 27.6 Å². The van der Waals surface area contributed by atoms with Crippen LogP contribution < -0.4 is 5.32 Å². The third-order valence-electron chi connectivity index (χ3n) is 5.32. The Kier molecular flexibility index (Phi) is 5.06. The van der Waals surface area contributed by atoms with E-state index in [-0.39, 0.29) is 11.6 Å². The molecule has 1 aliphatic carbocycles. The highest BCUT2D eigenvalue weighted by Gasteiger charge is 2.55. The Morgan fingerprint density at radius 1 is 1.42 bits per heavy atom. The van der Waals surface area contributed by atoms with Crippen LogP contribution in [0.3, 0.4) is 0 Å². The van der Waals surface area contributed by atoms with Crippen LogP contribution in [-0.2, 0) is 15.3 Å². The van der Waals surface area contributed by atoms with Crippen molar-refractivity contribution in [1.82, 2.24) is 5.32 Å². The van der Waals surface area contributed by atoms with Crippen LogP contribution in [0.5, 0.6) is 0 Å². The van der Waals surface area contributed by atoms with E-state index in [4.69, 9.17) is 0 Å². The highest BCUT2D eigenvalue weighted by atomic mass is 127. The molecule has 0 radical (unpaired) electrons. The zero-order valence-electron chi connectivity index (χ0n) is 14.6. The minimum atomic E-state index is -2.85. The summed E-state index contributed by atoms with van der Waals surface area (Å²) in [7, 11) is -1.35. The van der Waals surface area contributed by atoms with Crippen LogP contribution >= 0.6 is 22.6 Å². The summed E-state index contributed by atoms with van der Waals surface area (Å²) in [6.45, 7) is 1.69. The fourth-order valence-electron chi connectivity index (χ4n) is 4.08. The molecule has 9 heteroatoms. The lowest BCUT2D eigenvalue weighted by molar-refractivity contribution is 0.199. The number of aliphatic imine (C=N–C) groups is 1. The lowest BCUT2D eigenvalue weighted by atomic mass is 9.92. The van der Waals surface area contributed by atoms with Crippen LogP contribution in [0.1, 0.15) is 38.2 Å². The summed E-state index contributed by atoms with van der Waals surface area (Å²) in [5.41, 5.74) is -0.855. The number of amidine groups is 1. The second-order valence-corrected chi connectivity index (χ2v) is 10.9. The predicted octanol–water partition coefficient (Wildman–Crippen LogP) is 3.74. The molecule has 1 aromatic rings. The second kappa shape index (κ2) is 6.74. The number of benzene rings is 1. The first kappa shape index (κ1) is 19.5. The van der Waals surface area contributed by atoms with Crippen molar-refractivity contribution in [1.29, 1.82) is 0 Å². The molecule has 0 aromatic heterocycles. The van der Waals surface area contributed by atoms with Crippen molar-refractivity contribution in [2.24, 2.45) is 9.36 Å². The van der Waals surface area contributed by atoms with Gasteiger partial charge in [0, 0.05) is 16.2 Å². The fraction of sp³-hybridized carbons (Fsp3) is 0.529. The number of rotatable bonds is 1. The Morgan fingerprint density at radius 3 is 2.65 bits per heavy atom. The van der Waals surface area contributed by atoms with Gasteiger partial charge in [-0.05, 0) is 60.6 Å². The summed E-state index contributed by atoms with van der Waals surface area (Å²) >= 11 is 2.08. The molecule has 1 spiro atoms. The van der Waals surface area contributed by atoms with Gasteiger partial charge in [0.1, 0.15) is 21.9 Å². The Morgan fingerprint density at radius 2 is 2.08 bits per heavy atom. The van der Waals surface area contributed by atoms with Crippen LogP contribution in [0, 0.1) is 9.39 Å². The van der Waals surface area contributed by atoms with E-state index < -0.39 is 31.9 Å². The maximum absolute atomic E-state index is 14.6. The van der Waals surface area contributed by atoms with E-state index in [1.165, 1.54) is 13.1 Å². The number of carboxylic acid groups (broad SMARTS) is 1. The summed E-state index contributed by atoms with van der Waals surface area (Å²) in [5.74, 6) is -0.227. The minimum absolute atomic E-state index is 0.0678. The van der Waals surface area contributed by atoms with Crippen LogP contribution in [-0.4, -0.2) is 38.8 Å². The third-order valence-corrected chi connectivity index (χ3v) is 9.35. The van der Waals surface area contributed by atoms with E-state index in [1.54, 1.807) is 19.1 Å². The van der Waals surface area contributed by atoms with Crippen molar-refractivity contribution in [3.63, 3.8) is 0 Å². The largest absolute Gasteiger partial charge is 0.465 e. The molecule has 0 bridgehead atoms. The number of nitrogens with zero attached hydrogens (tertiary/aromatic N) is 2. The van der Waals surface area contributed by atoms with Gasteiger partial charge in [0.05, 0.1) is 15.5 Å². The zero-order chi connectivity index (χ0) is 19.2. The Labute approximate surface area is 166 Å². The lowest BCUT2D eigenvalue weighted by Crippen LogP contribution is -2.59. The standard InChI is InChI=1S/C17H21FIN3O3S/c1-16(12-9-11(19)5-6-13(12)18)10-26(25,20-2)17(7-3-4-8-17)14(22-16)21-15(23)24/h5-6,9H,3-4,7-8,10H2,1-2H3,(H,21,22)(H,23,24)/t16-,26-/m0/s1. The molecule has 1 saturated carbocycles. The van der Waals surface area contributed by atoms with Gasteiger partial charge in [-0.3, -0.25) is 10.3 Å². The number of halogens is 2. The highest BCUT2D eigenvalue weighted by Crippen LogP contribution is 2.47. The molecule has 1 amide bonds. The molecule has 1 fully saturated rings. The van der Waals surface area contributed by atoms with Gasteiger partial charge in [-0.2, -0.15) is 0 Å². The minimum Gasteiger partial charge on any atom is -0.465 e. The van der Waals surface area contributed by atoms with Crippen molar-refractivity contribution >= 4 is 44.2 Å². The average Bonchev–Trinajstić information content (AvgIpc) is 3.06. The number of hydrogen-bond acceptors (Lipinski definition) is 4. The smallest absolute Gasteiger partial charge is 0.410 e. The molecule has 2 atom stereocenters. The van der Waals surface area contributed by atoms with Crippen molar-refractivity contribution in [3.05, 3.63) is 33.1 Å². The van der Waals surface area contributed by atoms with Gasteiger partial charge in [-0.25, -0.2) is 17.8 Å². The second-order valence-electron chi connectivity index (χ2n) is 6.96. The van der Waals surface area contributed by atoms with Crippen molar-refractivity contribution in [2.75, 3.05) is 12.8 Å². The molecule has 26 heavy (non-hydrogen) atoms. The lowest BCUT2D eigenvalue weighted by Gasteiger charge is -2.43. The molecule has 0 unspecified atom stereocenters. The van der Waals surface area contributed by atoms with Crippen molar-refractivity contribution < 1.29 is 18.5 Å². The number of nitrogens with one attached hydrogen (secondary N) is 1. The van der Waals surface area contributed by atoms with Gasteiger partial charge in [0.25, 0.3) is 0 Å². The van der Waals surface area contributed by atoms with E-state index in [0.29, 0.717) is 18.4 Å². The molecule has 1 heterocycles. The van der Waals surface area contributed by atoms with Gasteiger partial charge in [-0.1, -0.05) is 12.8 Å². The van der Waals surface area contributed by atoms with Crippen LogP contribution in [0.4, 0.5) is 9.18 Å². The number of amides is 1. The molecule has 142 valence electrons. The highest BCUT2D eigenvalue weighted by molar-refractivity contribution is 14.1. The molecular weight excluding hydrogens is 472 g/mol. The maximum atomic E-state index is 14.6. The number of hydrogen-bond donors (Lipinski definition) is 2. The molecule has 0 saturated heterocycles. The van der Waals surface area contributed by atoms with Gasteiger partial charge < -0.3 is 5.11 Å². The first-order valence-electron chi connectivity index (χ1n) is 8.34. The normalized spacial score (nSPS) is 30.1. The van der Waals surface area contributed by atoms with E-state index in [2.05, 4.69) is 37.3 Å². The van der Waals surface area contributed by atoms with Gasteiger partial charge in [0.15, 0.2) is 0 Å². The SMILES string of the molecule is CN=[S@]1(=O)C[C@@](C)(c2cc(I)ccc2F)N=C(NC(=O)O)C12CCCC2. The quantitative estimate of drug-likeness (QED) is 0.585. The molecule has 1 aromatic carbocycles. The van der Waals surface area contributed by atoms with Crippen LogP contribution in [0.2, 0.25) is 0 Å². The summed E-state index contributed by atoms with van der Waals surface area (Å²) < 4.78 is 32.6. The van der Waals surface area contributed by atoms with Gasteiger partial charge in [-0.15, -0.1) is 0 Å². The van der Waals surface area contributed by atoms with Crippen molar-refractivity contribution in [2.45, 2.75) is 42.9 Å². The fourth-order valence-corrected chi connectivity index (χ4v) is 7.64. The molecule has 2 N–H and O–H groups in total. The molecule has 2 aliphatic rings. The zero-order valence-corrected chi connectivity index (χ0v) is 17.6. The molecular formula is C17H21FIN3O3S. The van der Waals surface area contributed by atoms with E-state index in [1.807, 2.05) is 0 Å².